The fourth-order valence-electron chi connectivity index (χ4n) is 1.73. The van der Waals surface area contributed by atoms with E-state index < -0.39 is 17.5 Å². The molecule has 0 heterocycles. The molecule has 120 valence electrons. The van der Waals surface area contributed by atoms with E-state index in [1.165, 1.54) is 13.0 Å². The number of Topliss-reactive ketones (excluding diaryl/α,β-unsaturated/α-hetero) is 1. The summed E-state index contributed by atoms with van der Waals surface area (Å²) in [6, 6.07) is 4.69. The molecule has 0 spiro atoms. The molecule has 0 aliphatic carbocycles. The van der Waals surface area contributed by atoms with Gasteiger partial charge in [0.05, 0.1) is 5.56 Å². The first-order valence-electron chi connectivity index (χ1n) is 7.13. The monoisotopic (exact) mass is 307 g/mol. The maximum Gasteiger partial charge on any atom is 0.407 e. The van der Waals surface area contributed by atoms with Gasteiger partial charge < -0.3 is 10.1 Å². The zero-order valence-electron chi connectivity index (χ0n) is 13.4. The van der Waals surface area contributed by atoms with Crippen LogP contribution < -0.4 is 5.32 Å². The predicted octanol–water partition coefficient (Wildman–Crippen LogP) is 3.96. The number of ketones is 1. The molecule has 5 heteroatoms. The van der Waals surface area contributed by atoms with E-state index >= 15 is 0 Å². The molecule has 0 saturated carbocycles. The van der Waals surface area contributed by atoms with Crippen molar-refractivity contribution in [2.24, 2.45) is 0 Å². The molecule has 0 fully saturated rings. The number of nitrogens with one attached hydrogen (secondary N) is 1. The summed E-state index contributed by atoms with van der Waals surface area (Å²) in [7, 11) is 0. The molecule has 1 N–H and O–H groups in total. The lowest BCUT2D eigenvalue weighted by molar-refractivity contribution is 0.0528. The average Bonchev–Trinajstić information content (AvgIpc) is 2.37. The predicted molar refractivity (Wildman–Crippen MR) is 84.3 cm³/mol. The molecule has 1 amide bonds. The molecule has 0 unspecified atom stereocenters. The summed E-state index contributed by atoms with van der Waals surface area (Å²) >= 11 is 0. The highest BCUT2D eigenvalue weighted by molar-refractivity contribution is 5.94. The molecule has 22 heavy (non-hydrogen) atoms. The van der Waals surface area contributed by atoms with Gasteiger partial charge >= 0.3 is 6.09 Å². The second kappa shape index (κ2) is 7.73. The van der Waals surface area contributed by atoms with Crippen LogP contribution in [0.2, 0.25) is 0 Å². The Morgan fingerprint density at radius 2 is 2.00 bits per heavy atom. The number of ether oxygens (including phenoxy) is 1. The molecule has 0 atom stereocenters. The van der Waals surface area contributed by atoms with Crippen LogP contribution in [0, 0.1) is 5.82 Å². The van der Waals surface area contributed by atoms with Gasteiger partial charge in [0.25, 0.3) is 0 Å². The molecule has 0 saturated heterocycles. The molecule has 0 bridgehead atoms. The molecule has 0 radical (unpaired) electrons. The van der Waals surface area contributed by atoms with E-state index in [4.69, 9.17) is 4.74 Å². The Balaban J connectivity index is 2.49. The van der Waals surface area contributed by atoms with Crippen LogP contribution in [0.3, 0.4) is 0 Å². The molecule has 0 aliphatic heterocycles. The number of carbonyl (C=O) groups is 2. The van der Waals surface area contributed by atoms with E-state index in [1.54, 1.807) is 45.1 Å². The zero-order chi connectivity index (χ0) is 16.8. The minimum absolute atomic E-state index is 0.0778. The smallest absolute Gasteiger partial charge is 0.407 e. The van der Waals surface area contributed by atoms with Crippen LogP contribution in [-0.2, 0) is 4.74 Å². The summed E-state index contributed by atoms with van der Waals surface area (Å²) in [5.41, 5.74) is -0.102. The molecular weight excluding hydrogens is 285 g/mol. The molecule has 1 aromatic rings. The van der Waals surface area contributed by atoms with E-state index in [2.05, 4.69) is 5.32 Å². The summed E-state index contributed by atoms with van der Waals surface area (Å²) in [5.74, 6) is -0.828. The normalized spacial score (nSPS) is 11.5. The highest BCUT2D eigenvalue weighted by Crippen LogP contribution is 2.15. The van der Waals surface area contributed by atoms with Crippen molar-refractivity contribution in [2.75, 3.05) is 6.54 Å². The maximum atomic E-state index is 14.0. The van der Waals surface area contributed by atoms with E-state index in [-0.39, 0.29) is 11.3 Å². The first-order valence-corrected chi connectivity index (χ1v) is 7.13. The highest BCUT2D eigenvalue weighted by Gasteiger charge is 2.15. The second-order valence-corrected chi connectivity index (χ2v) is 5.88. The van der Waals surface area contributed by atoms with Crippen LogP contribution in [0.25, 0.3) is 6.08 Å². The number of alkyl carbamates (subject to hydrolysis) is 1. The topological polar surface area (TPSA) is 55.4 Å². The third-order valence-electron chi connectivity index (χ3n) is 2.68. The van der Waals surface area contributed by atoms with Crippen molar-refractivity contribution in [3.8, 4) is 0 Å². The van der Waals surface area contributed by atoms with Gasteiger partial charge in [0.1, 0.15) is 11.4 Å². The van der Waals surface area contributed by atoms with Crippen molar-refractivity contribution in [3.05, 3.63) is 41.2 Å². The van der Waals surface area contributed by atoms with Crippen LogP contribution in [-0.4, -0.2) is 24.0 Å². The molecule has 1 rings (SSSR count). The first-order chi connectivity index (χ1) is 10.2. The zero-order valence-corrected chi connectivity index (χ0v) is 13.4. The van der Waals surface area contributed by atoms with Gasteiger partial charge in [-0.2, -0.15) is 0 Å². The van der Waals surface area contributed by atoms with Gasteiger partial charge in [-0.15, -0.1) is 0 Å². The molecule has 0 aromatic heterocycles. The third-order valence-corrected chi connectivity index (χ3v) is 2.68. The molecule has 0 aliphatic rings. The van der Waals surface area contributed by atoms with Gasteiger partial charge in [-0.3, -0.25) is 4.79 Å². The minimum Gasteiger partial charge on any atom is -0.444 e. The van der Waals surface area contributed by atoms with Crippen LogP contribution in [0.15, 0.2) is 24.3 Å². The summed E-state index contributed by atoms with van der Waals surface area (Å²) in [5, 5.41) is 2.61. The van der Waals surface area contributed by atoms with Crippen molar-refractivity contribution in [1.29, 1.82) is 0 Å². The maximum absolute atomic E-state index is 14.0. The number of carbonyl (C=O) groups excluding carboxylic acids is 2. The largest absolute Gasteiger partial charge is 0.444 e. The SMILES string of the molecule is CC(=O)c1cccc(C=CCCNC(=O)OC(C)(C)C)c1F. The van der Waals surface area contributed by atoms with Crippen LogP contribution in [0.4, 0.5) is 9.18 Å². The van der Waals surface area contributed by atoms with Crippen molar-refractivity contribution in [1.82, 2.24) is 5.32 Å². The third kappa shape index (κ3) is 6.08. The minimum atomic E-state index is -0.532. The van der Waals surface area contributed by atoms with Crippen molar-refractivity contribution in [3.63, 3.8) is 0 Å². The van der Waals surface area contributed by atoms with E-state index in [0.29, 0.717) is 18.5 Å². The molecular formula is C17H22FNO3. The second-order valence-electron chi connectivity index (χ2n) is 5.88. The highest BCUT2D eigenvalue weighted by atomic mass is 19.1. The lowest BCUT2D eigenvalue weighted by atomic mass is 10.1. The Morgan fingerprint density at radius 3 is 2.59 bits per heavy atom. The van der Waals surface area contributed by atoms with Crippen molar-refractivity contribution >= 4 is 18.0 Å². The number of hydrogen-bond donors (Lipinski definition) is 1. The van der Waals surface area contributed by atoms with Gasteiger partial charge in [-0.1, -0.05) is 24.3 Å². The number of hydrogen-bond acceptors (Lipinski definition) is 3. The lowest BCUT2D eigenvalue weighted by Crippen LogP contribution is -2.32. The Kier molecular flexibility index (Phi) is 6.28. The van der Waals surface area contributed by atoms with Gasteiger partial charge in [-0.05, 0) is 40.2 Å². The number of benzene rings is 1. The Hall–Kier alpha value is -2.17. The van der Waals surface area contributed by atoms with Gasteiger partial charge in [0, 0.05) is 12.1 Å². The van der Waals surface area contributed by atoms with Crippen molar-refractivity contribution in [2.45, 2.75) is 39.7 Å². The Bertz CT molecular complexity index is 574. The van der Waals surface area contributed by atoms with E-state index in [9.17, 15) is 14.0 Å². The first kappa shape index (κ1) is 17.9. The Morgan fingerprint density at radius 1 is 1.32 bits per heavy atom. The van der Waals surface area contributed by atoms with Gasteiger partial charge in [-0.25, -0.2) is 9.18 Å². The summed E-state index contributed by atoms with van der Waals surface area (Å²) in [6.45, 7) is 7.09. The lowest BCUT2D eigenvalue weighted by Gasteiger charge is -2.19. The quantitative estimate of drug-likeness (QED) is 0.662. The van der Waals surface area contributed by atoms with Gasteiger partial charge in [0.2, 0.25) is 0 Å². The molecule has 4 nitrogen and oxygen atoms in total. The van der Waals surface area contributed by atoms with Gasteiger partial charge in [0.15, 0.2) is 5.78 Å². The van der Waals surface area contributed by atoms with Crippen LogP contribution in [0.1, 0.15) is 50.0 Å². The number of rotatable bonds is 5. The van der Waals surface area contributed by atoms with Crippen molar-refractivity contribution < 1.29 is 18.7 Å². The summed E-state index contributed by atoms with van der Waals surface area (Å²) < 4.78 is 19.1. The molecule has 1 aromatic carbocycles. The Labute approximate surface area is 130 Å². The van der Waals surface area contributed by atoms with E-state index in [0.717, 1.165) is 0 Å². The average molecular weight is 307 g/mol. The summed E-state index contributed by atoms with van der Waals surface area (Å²) in [4.78, 5) is 22.7. The van der Waals surface area contributed by atoms with Crippen LogP contribution in [0.5, 0.6) is 0 Å². The van der Waals surface area contributed by atoms with E-state index in [1.807, 2.05) is 0 Å². The van der Waals surface area contributed by atoms with Crippen LogP contribution >= 0.6 is 0 Å². The number of amides is 1. The standard InChI is InChI=1S/C17H22FNO3/c1-12(20)14-10-7-9-13(15(14)18)8-5-6-11-19-16(21)22-17(2,3)4/h5,7-10H,6,11H2,1-4H3,(H,19,21). The fourth-order valence-corrected chi connectivity index (χ4v) is 1.73. The number of halogens is 1. The fraction of sp³-hybridized carbons (Fsp3) is 0.412. The summed E-state index contributed by atoms with van der Waals surface area (Å²) in [6.07, 6.45) is 3.38.